The molecule has 0 bridgehead atoms. The summed E-state index contributed by atoms with van der Waals surface area (Å²) in [5, 5.41) is 0. The summed E-state index contributed by atoms with van der Waals surface area (Å²) in [4.78, 5) is 12.0. The number of alkyl halides is 2. The molecule has 1 aliphatic rings. The predicted octanol–water partition coefficient (Wildman–Crippen LogP) is 4.02. The maximum atomic E-state index is 13.0. The topological polar surface area (TPSA) is 26.3 Å². The van der Waals surface area contributed by atoms with Crippen molar-refractivity contribution in [3.8, 4) is 5.75 Å². The minimum absolute atomic E-state index is 0.122. The van der Waals surface area contributed by atoms with Crippen LogP contribution < -0.4 is 4.74 Å². The first-order chi connectivity index (χ1) is 9.50. The lowest BCUT2D eigenvalue weighted by Gasteiger charge is -2.27. The van der Waals surface area contributed by atoms with E-state index in [1.807, 2.05) is 24.3 Å². The molecular formula is C16H20F2O2. The highest BCUT2D eigenvalue weighted by Gasteiger charge is 2.36. The van der Waals surface area contributed by atoms with Gasteiger partial charge >= 0.3 is 0 Å². The zero-order chi connectivity index (χ0) is 14.6. The Labute approximate surface area is 118 Å². The van der Waals surface area contributed by atoms with Crippen LogP contribution in [0.4, 0.5) is 8.78 Å². The van der Waals surface area contributed by atoms with Gasteiger partial charge in [-0.2, -0.15) is 0 Å². The van der Waals surface area contributed by atoms with Gasteiger partial charge in [-0.3, -0.25) is 4.79 Å². The number of hydrogen-bond acceptors (Lipinski definition) is 2. The normalized spacial score (nSPS) is 18.8. The van der Waals surface area contributed by atoms with Gasteiger partial charge in [-0.25, -0.2) is 8.78 Å². The van der Waals surface area contributed by atoms with E-state index in [1.165, 1.54) is 0 Å². The number of hydrogen-bond donors (Lipinski definition) is 0. The molecule has 1 aliphatic carbocycles. The van der Waals surface area contributed by atoms with Gasteiger partial charge in [-0.1, -0.05) is 12.1 Å². The van der Waals surface area contributed by atoms with Crippen molar-refractivity contribution in [3.63, 3.8) is 0 Å². The molecule has 0 spiro atoms. The Bertz CT molecular complexity index is 444. The van der Waals surface area contributed by atoms with Crippen LogP contribution >= 0.6 is 0 Å². The summed E-state index contributed by atoms with van der Waals surface area (Å²) in [5.41, 5.74) is 1.07. The van der Waals surface area contributed by atoms with Crippen molar-refractivity contribution in [3.05, 3.63) is 29.8 Å². The number of Topliss-reactive ketones (excluding diaryl/α,β-unsaturated/α-hetero) is 1. The van der Waals surface area contributed by atoms with Crippen molar-refractivity contribution in [1.29, 1.82) is 0 Å². The fraction of sp³-hybridized carbons (Fsp3) is 0.562. The van der Waals surface area contributed by atoms with Gasteiger partial charge in [0.15, 0.2) is 0 Å². The molecular weight excluding hydrogens is 262 g/mol. The summed E-state index contributed by atoms with van der Waals surface area (Å²) < 4.78 is 31.2. The van der Waals surface area contributed by atoms with Crippen LogP contribution in [0.1, 0.15) is 37.7 Å². The molecule has 20 heavy (non-hydrogen) atoms. The van der Waals surface area contributed by atoms with Gasteiger partial charge in [0.2, 0.25) is 5.92 Å². The van der Waals surface area contributed by atoms with Crippen molar-refractivity contribution < 1.29 is 18.3 Å². The molecule has 0 heterocycles. The van der Waals surface area contributed by atoms with Gasteiger partial charge in [-0.05, 0) is 37.0 Å². The van der Waals surface area contributed by atoms with Crippen LogP contribution in [0.25, 0.3) is 0 Å². The number of ether oxygens (including phenoxy) is 1. The van der Waals surface area contributed by atoms with E-state index in [0.717, 1.165) is 11.3 Å². The molecule has 0 unspecified atom stereocenters. The molecule has 110 valence electrons. The highest BCUT2D eigenvalue weighted by Crippen LogP contribution is 2.36. The Morgan fingerprint density at radius 3 is 2.40 bits per heavy atom. The van der Waals surface area contributed by atoms with Crippen molar-refractivity contribution in [2.75, 3.05) is 7.11 Å². The van der Waals surface area contributed by atoms with Crippen LogP contribution in [0.3, 0.4) is 0 Å². The second-order valence-corrected chi connectivity index (χ2v) is 5.44. The van der Waals surface area contributed by atoms with Crippen molar-refractivity contribution in [2.24, 2.45) is 5.92 Å². The van der Waals surface area contributed by atoms with Crippen LogP contribution in [-0.2, 0) is 11.2 Å². The fourth-order valence-electron chi connectivity index (χ4n) is 2.63. The number of benzene rings is 1. The van der Waals surface area contributed by atoms with E-state index in [9.17, 15) is 13.6 Å². The first-order valence-electron chi connectivity index (χ1n) is 7.04. The number of carbonyl (C=O) groups excluding carboxylic acids is 1. The summed E-state index contributed by atoms with van der Waals surface area (Å²) in [6.45, 7) is 0. The third-order valence-corrected chi connectivity index (χ3v) is 3.99. The fourth-order valence-corrected chi connectivity index (χ4v) is 2.63. The van der Waals surface area contributed by atoms with Crippen LogP contribution in [0.5, 0.6) is 5.75 Å². The molecule has 1 aromatic rings. The molecule has 2 rings (SSSR count). The second kappa shape index (κ2) is 6.33. The van der Waals surface area contributed by atoms with Crippen molar-refractivity contribution in [1.82, 2.24) is 0 Å². The highest BCUT2D eigenvalue weighted by molar-refractivity contribution is 5.81. The molecule has 0 N–H and O–H groups in total. The SMILES string of the molecule is COc1ccc(CCC(=O)C2CCC(F)(F)CC2)cc1. The van der Waals surface area contributed by atoms with E-state index in [-0.39, 0.29) is 24.5 Å². The standard InChI is InChI=1S/C16H20F2O2/c1-20-14-5-2-12(3-6-14)4-7-15(19)13-8-10-16(17,18)11-9-13/h2-3,5-6,13H,4,7-11H2,1H3. The smallest absolute Gasteiger partial charge is 0.248 e. The molecule has 1 aromatic carbocycles. The Morgan fingerprint density at radius 2 is 1.85 bits per heavy atom. The Hall–Kier alpha value is -1.45. The maximum Gasteiger partial charge on any atom is 0.248 e. The molecule has 2 nitrogen and oxygen atoms in total. The Morgan fingerprint density at radius 1 is 1.25 bits per heavy atom. The zero-order valence-corrected chi connectivity index (χ0v) is 11.7. The van der Waals surface area contributed by atoms with Crippen molar-refractivity contribution in [2.45, 2.75) is 44.4 Å². The largest absolute Gasteiger partial charge is 0.497 e. The van der Waals surface area contributed by atoms with E-state index >= 15 is 0 Å². The maximum absolute atomic E-state index is 13.0. The van der Waals surface area contributed by atoms with E-state index in [4.69, 9.17) is 4.74 Å². The molecule has 0 radical (unpaired) electrons. The Kier molecular flexibility index (Phi) is 4.73. The summed E-state index contributed by atoms with van der Waals surface area (Å²) >= 11 is 0. The summed E-state index contributed by atoms with van der Waals surface area (Å²) in [6, 6.07) is 7.59. The zero-order valence-electron chi connectivity index (χ0n) is 11.7. The van der Waals surface area contributed by atoms with Crippen molar-refractivity contribution >= 4 is 5.78 Å². The van der Waals surface area contributed by atoms with Crippen LogP contribution in [0.15, 0.2) is 24.3 Å². The van der Waals surface area contributed by atoms with Gasteiger partial charge in [0.05, 0.1) is 7.11 Å². The minimum atomic E-state index is -2.56. The lowest BCUT2D eigenvalue weighted by atomic mass is 9.82. The number of ketones is 1. The van der Waals surface area contributed by atoms with Crippen LogP contribution in [0.2, 0.25) is 0 Å². The van der Waals surface area contributed by atoms with Crippen LogP contribution in [-0.4, -0.2) is 18.8 Å². The van der Waals surface area contributed by atoms with E-state index in [0.29, 0.717) is 25.7 Å². The van der Waals surface area contributed by atoms with E-state index in [1.54, 1.807) is 7.11 Å². The highest BCUT2D eigenvalue weighted by atomic mass is 19.3. The quantitative estimate of drug-likeness (QED) is 0.815. The van der Waals surface area contributed by atoms with Crippen LogP contribution in [0, 0.1) is 5.92 Å². The number of halogens is 2. The molecule has 0 amide bonds. The van der Waals surface area contributed by atoms with E-state index in [2.05, 4.69) is 0 Å². The lowest BCUT2D eigenvalue weighted by Crippen LogP contribution is -2.28. The molecule has 4 heteroatoms. The molecule has 1 fully saturated rings. The van der Waals surface area contributed by atoms with Gasteiger partial charge in [0.1, 0.15) is 11.5 Å². The average Bonchev–Trinajstić information content (AvgIpc) is 2.45. The molecule has 0 aliphatic heterocycles. The van der Waals surface area contributed by atoms with Gasteiger partial charge < -0.3 is 4.74 Å². The van der Waals surface area contributed by atoms with Gasteiger partial charge in [0, 0.05) is 25.2 Å². The number of rotatable bonds is 5. The Balaban J connectivity index is 1.80. The third kappa shape index (κ3) is 4.02. The van der Waals surface area contributed by atoms with E-state index < -0.39 is 5.92 Å². The third-order valence-electron chi connectivity index (χ3n) is 3.99. The summed E-state index contributed by atoms with van der Waals surface area (Å²) in [7, 11) is 1.61. The monoisotopic (exact) mass is 282 g/mol. The summed E-state index contributed by atoms with van der Waals surface area (Å²) in [6.07, 6.45) is 1.46. The first-order valence-corrected chi connectivity index (χ1v) is 7.04. The minimum Gasteiger partial charge on any atom is -0.497 e. The molecule has 0 atom stereocenters. The lowest BCUT2D eigenvalue weighted by molar-refractivity contribution is -0.126. The second-order valence-electron chi connectivity index (χ2n) is 5.44. The number of aryl methyl sites for hydroxylation is 1. The van der Waals surface area contributed by atoms with Gasteiger partial charge in [0.25, 0.3) is 0 Å². The molecule has 0 aromatic heterocycles. The summed E-state index contributed by atoms with van der Waals surface area (Å²) in [5.74, 6) is -1.83. The molecule has 1 saturated carbocycles. The van der Waals surface area contributed by atoms with Gasteiger partial charge in [-0.15, -0.1) is 0 Å². The molecule has 0 saturated heterocycles. The first kappa shape index (κ1) is 14.9. The number of methoxy groups -OCH3 is 1. The predicted molar refractivity (Wildman–Crippen MR) is 73.2 cm³/mol. The average molecular weight is 282 g/mol. The number of carbonyl (C=O) groups is 1.